The monoisotopic (exact) mass is 547 g/mol. The number of sulfonamides is 1. The van der Waals surface area contributed by atoms with Crippen molar-refractivity contribution >= 4 is 32.7 Å². The number of ether oxygens (including phenoxy) is 2. The van der Waals surface area contributed by atoms with Gasteiger partial charge in [-0.3, -0.25) is 13.9 Å². The highest BCUT2D eigenvalue weighted by Gasteiger charge is 2.39. The van der Waals surface area contributed by atoms with Crippen LogP contribution in [0.2, 0.25) is 0 Å². The van der Waals surface area contributed by atoms with Crippen LogP contribution in [0.4, 0.5) is 10.2 Å². The topological polar surface area (TPSA) is 116 Å². The summed E-state index contributed by atoms with van der Waals surface area (Å²) in [5.74, 6) is -0.665. The summed E-state index contributed by atoms with van der Waals surface area (Å²) in [6.07, 6.45) is 0.728. The molecule has 2 aliphatic rings. The van der Waals surface area contributed by atoms with Crippen LogP contribution in [0.15, 0.2) is 23.0 Å². The molecule has 3 aromatic rings. The number of carbonyl (C=O) groups excluding carboxylic acids is 1. The third-order valence-electron chi connectivity index (χ3n) is 7.16. The van der Waals surface area contributed by atoms with Gasteiger partial charge in [0.2, 0.25) is 10.0 Å². The van der Waals surface area contributed by atoms with Crippen molar-refractivity contribution in [2.45, 2.75) is 39.3 Å². The molecule has 4 heterocycles. The van der Waals surface area contributed by atoms with E-state index in [-0.39, 0.29) is 64.8 Å². The lowest BCUT2D eigenvalue weighted by Gasteiger charge is -2.33. The highest BCUT2D eigenvalue weighted by molar-refractivity contribution is 7.92. The molecule has 5 rings (SSSR count). The Morgan fingerprint density at radius 1 is 1.24 bits per heavy atom. The van der Waals surface area contributed by atoms with Gasteiger partial charge in [-0.05, 0) is 32.8 Å². The van der Waals surface area contributed by atoms with E-state index in [2.05, 4.69) is 5.10 Å². The van der Waals surface area contributed by atoms with Crippen LogP contribution < -0.4 is 19.3 Å². The molecule has 0 N–H and O–H groups in total. The Labute approximate surface area is 219 Å². The third kappa shape index (κ3) is 4.08. The first kappa shape index (κ1) is 26.0. The van der Waals surface area contributed by atoms with Crippen molar-refractivity contribution in [2.24, 2.45) is 0 Å². The lowest BCUT2D eigenvalue weighted by Crippen LogP contribution is -2.42. The van der Waals surface area contributed by atoms with Gasteiger partial charge in [-0.1, -0.05) is 6.07 Å². The second-order valence-corrected chi connectivity index (χ2v) is 11.7. The number of methoxy groups -OCH3 is 1. The van der Waals surface area contributed by atoms with Gasteiger partial charge in [0, 0.05) is 37.8 Å². The van der Waals surface area contributed by atoms with Gasteiger partial charge in [0.15, 0.2) is 17.3 Å². The van der Waals surface area contributed by atoms with Gasteiger partial charge < -0.3 is 18.9 Å². The second kappa shape index (κ2) is 9.61. The van der Waals surface area contributed by atoms with E-state index in [1.807, 2.05) is 13.8 Å². The quantitative estimate of drug-likeness (QED) is 0.484. The van der Waals surface area contributed by atoms with E-state index in [1.165, 1.54) is 32.4 Å². The summed E-state index contributed by atoms with van der Waals surface area (Å²) < 4.78 is 56.1. The Morgan fingerprint density at radius 2 is 2.00 bits per heavy atom. The van der Waals surface area contributed by atoms with Crippen molar-refractivity contribution in [1.82, 2.24) is 19.2 Å². The van der Waals surface area contributed by atoms with E-state index in [1.54, 1.807) is 9.47 Å². The van der Waals surface area contributed by atoms with Crippen LogP contribution in [0.25, 0.3) is 10.9 Å². The number of benzene rings is 1. The maximum atomic E-state index is 14.0. The molecule has 0 saturated carbocycles. The van der Waals surface area contributed by atoms with Gasteiger partial charge in [-0.2, -0.15) is 0 Å². The van der Waals surface area contributed by atoms with Crippen molar-refractivity contribution in [3.63, 3.8) is 0 Å². The summed E-state index contributed by atoms with van der Waals surface area (Å²) in [6.45, 7) is 4.68. The van der Waals surface area contributed by atoms with E-state index in [0.717, 1.165) is 8.99 Å². The maximum Gasteiger partial charge on any atom is 0.280 e. The Kier molecular flexibility index (Phi) is 6.58. The van der Waals surface area contributed by atoms with Gasteiger partial charge in [0.1, 0.15) is 22.5 Å². The Hall–Kier alpha value is -3.61. The van der Waals surface area contributed by atoms with E-state index < -0.39 is 21.4 Å². The molecular weight excluding hydrogens is 517 g/mol. The predicted octanol–water partition coefficient (Wildman–Crippen LogP) is 2.37. The fourth-order valence-corrected chi connectivity index (χ4v) is 6.41. The highest BCUT2D eigenvalue weighted by Crippen LogP contribution is 2.41. The average Bonchev–Trinajstić information content (AvgIpc) is 3.24. The van der Waals surface area contributed by atoms with Gasteiger partial charge in [0.05, 0.1) is 26.0 Å². The van der Waals surface area contributed by atoms with Crippen molar-refractivity contribution in [2.75, 3.05) is 43.9 Å². The minimum Gasteiger partial charge on any atom is -0.493 e. The Bertz CT molecular complexity index is 1600. The number of hydrogen-bond donors (Lipinski definition) is 0. The lowest BCUT2D eigenvalue weighted by atomic mass is 10.2. The molecular formula is C25H30FN5O6S. The Balaban J connectivity index is 1.87. The molecule has 11 nitrogen and oxygen atoms in total. The molecule has 2 bridgehead atoms. The number of halogens is 1. The van der Waals surface area contributed by atoms with E-state index in [0.29, 0.717) is 31.5 Å². The number of aromatic nitrogens is 3. The molecule has 0 saturated heterocycles. The van der Waals surface area contributed by atoms with Crippen LogP contribution in [0, 0.1) is 5.82 Å². The second-order valence-electron chi connectivity index (χ2n) is 9.55. The molecule has 0 spiro atoms. The van der Waals surface area contributed by atoms with Crippen LogP contribution >= 0.6 is 0 Å². The zero-order chi connectivity index (χ0) is 27.4. The number of nitrogens with zero attached hydrogens (tertiary/aromatic N) is 5. The summed E-state index contributed by atoms with van der Waals surface area (Å²) in [6, 6.07) is 3.73. The minimum atomic E-state index is -3.86. The molecule has 1 aromatic carbocycles. The number of anilines is 1. The van der Waals surface area contributed by atoms with Gasteiger partial charge in [-0.25, -0.2) is 17.5 Å². The van der Waals surface area contributed by atoms with Crippen LogP contribution in [0.1, 0.15) is 48.8 Å². The largest absolute Gasteiger partial charge is 0.493 e. The molecule has 13 heteroatoms. The molecule has 2 aliphatic heterocycles. The molecule has 0 fully saturated rings. The zero-order valence-electron chi connectivity index (χ0n) is 21.7. The first-order valence-electron chi connectivity index (χ1n) is 12.5. The standard InChI is InChI=1S/C25H30FN5O6S/c1-5-29-13-15(2)31-20-19(22(36-4)21(31)25(29)33)24(32)30-14-16-8-9-17(26)12-18(16)37-10-6-7-11-38(34,35)28(3)23(20)27-30/h8-9,12,15H,5-7,10-11,13-14H2,1-4H3. The van der Waals surface area contributed by atoms with Gasteiger partial charge in [0.25, 0.3) is 11.5 Å². The molecule has 1 amide bonds. The number of hydrogen-bond acceptors (Lipinski definition) is 7. The molecule has 2 aromatic heterocycles. The fraction of sp³-hybridized carbons (Fsp3) is 0.480. The number of carbonyl (C=O) groups is 1. The van der Waals surface area contributed by atoms with Crippen molar-refractivity contribution in [1.29, 1.82) is 0 Å². The first-order chi connectivity index (χ1) is 18.1. The molecule has 38 heavy (non-hydrogen) atoms. The van der Waals surface area contributed by atoms with Crippen LogP contribution in [-0.4, -0.2) is 73.2 Å². The van der Waals surface area contributed by atoms with Crippen LogP contribution in [0.3, 0.4) is 0 Å². The third-order valence-corrected chi connectivity index (χ3v) is 8.97. The molecule has 204 valence electrons. The molecule has 1 unspecified atom stereocenters. The van der Waals surface area contributed by atoms with Gasteiger partial charge >= 0.3 is 0 Å². The molecule has 0 aliphatic carbocycles. The van der Waals surface area contributed by atoms with Crippen molar-refractivity contribution in [3.8, 4) is 11.5 Å². The number of amides is 1. The van der Waals surface area contributed by atoms with Crippen molar-refractivity contribution in [3.05, 3.63) is 45.6 Å². The maximum absolute atomic E-state index is 14.0. The summed E-state index contributed by atoms with van der Waals surface area (Å²) in [5, 5.41) is 4.58. The Morgan fingerprint density at radius 3 is 2.71 bits per heavy atom. The summed E-state index contributed by atoms with van der Waals surface area (Å²) in [4.78, 5) is 29.0. The molecule has 0 radical (unpaired) electrons. The number of rotatable bonds is 2. The molecule has 1 atom stereocenters. The predicted molar refractivity (Wildman–Crippen MR) is 139 cm³/mol. The summed E-state index contributed by atoms with van der Waals surface area (Å²) in [7, 11) is -1.09. The fourth-order valence-electron chi connectivity index (χ4n) is 5.18. The van der Waals surface area contributed by atoms with E-state index in [9.17, 15) is 22.4 Å². The smallest absolute Gasteiger partial charge is 0.280 e. The minimum absolute atomic E-state index is 0.0116. The van der Waals surface area contributed by atoms with E-state index >= 15 is 0 Å². The van der Waals surface area contributed by atoms with Gasteiger partial charge in [-0.15, -0.1) is 5.10 Å². The lowest BCUT2D eigenvalue weighted by molar-refractivity contribution is 0.0685. The zero-order valence-corrected chi connectivity index (χ0v) is 22.5. The van der Waals surface area contributed by atoms with E-state index in [4.69, 9.17) is 9.47 Å². The number of likely N-dealkylation sites (N-methyl/N-ethyl adjacent to an activating group) is 1. The normalized spacial score (nSPS) is 19.6. The van der Waals surface area contributed by atoms with Crippen molar-refractivity contribution < 1.29 is 27.1 Å². The first-order valence-corrected chi connectivity index (χ1v) is 14.1. The highest BCUT2D eigenvalue weighted by atomic mass is 32.2. The van der Waals surface area contributed by atoms with Crippen LogP contribution in [-0.2, 0) is 16.6 Å². The van der Waals surface area contributed by atoms with Crippen LogP contribution in [0.5, 0.6) is 11.5 Å². The summed E-state index contributed by atoms with van der Waals surface area (Å²) >= 11 is 0. The number of fused-ring (bicyclic) bond motifs is 7. The SMILES string of the molecule is CCN1CC(C)n2c(c(OC)c3c(=O)n4nc(c32)N(C)S(=O)(=O)CCCCOc2cc(F)ccc2C4)C1=O. The summed E-state index contributed by atoms with van der Waals surface area (Å²) in [5.41, 5.74) is 0.340. The average molecular weight is 548 g/mol.